The van der Waals surface area contributed by atoms with Crippen LogP contribution in [0.4, 0.5) is 5.69 Å². The number of nitrogens with one attached hydrogen (secondary N) is 1. The van der Waals surface area contributed by atoms with Gasteiger partial charge in [-0.25, -0.2) is 18.5 Å². The van der Waals surface area contributed by atoms with Crippen LogP contribution in [0.3, 0.4) is 0 Å². The molecule has 1 aliphatic heterocycles. The summed E-state index contributed by atoms with van der Waals surface area (Å²) in [5.74, 6) is 0. The molecular weight excluding hydrogens is 595 g/mol. The molecule has 1 aliphatic rings. The number of nitro benzene ring substituents is 1. The number of nitrogens with zero attached hydrogens (tertiary/aromatic N) is 2. The zero-order valence-electron chi connectivity index (χ0n) is 19.7. The molecule has 39 heavy (non-hydrogen) atoms. The van der Waals surface area contributed by atoms with E-state index in [-0.39, 0.29) is 29.8 Å². The predicted molar refractivity (Wildman–Crippen MR) is 126 cm³/mol. The first-order valence-corrected chi connectivity index (χ1v) is 15.1. The molecule has 2 aromatic rings. The van der Waals surface area contributed by atoms with E-state index >= 15 is 0 Å². The second-order valence-electron chi connectivity index (χ2n) is 7.97. The van der Waals surface area contributed by atoms with Crippen LogP contribution in [0.5, 0.6) is 0 Å². The van der Waals surface area contributed by atoms with E-state index in [1.807, 2.05) is 0 Å². The Morgan fingerprint density at radius 1 is 1.13 bits per heavy atom. The van der Waals surface area contributed by atoms with Crippen LogP contribution in [0, 0.1) is 17.0 Å². The zero-order chi connectivity index (χ0) is 29.2. The van der Waals surface area contributed by atoms with Gasteiger partial charge >= 0.3 is 29.2 Å². The zero-order valence-corrected chi connectivity index (χ0v) is 22.3. The van der Waals surface area contributed by atoms with E-state index in [0.29, 0.717) is 0 Å². The predicted octanol–water partition coefficient (Wildman–Crippen LogP) is 0.969. The number of benzene rings is 1. The molecule has 3 rings (SSSR count). The van der Waals surface area contributed by atoms with Crippen LogP contribution in [0.1, 0.15) is 23.8 Å². The van der Waals surface area contributed by atoms with Crippen LogP contribution in [0.25, 0.3) is 0 Å². The summed E-state index contributed by atoms with van der Waals surface area (Å²) < 4.78 is 58.9. The Hall–Kier alpha value is -2.37. The summed E-state index contributed by atoms with van der Waals surface area (Å²) in [4.78, 5) is 73.1. The molecule has 1 fully saturated rings. The van der Waals surface area contributed by atoms with Crippen molar-refractivity contribution in [2.24, 2.45) is 0 Å². The van der Waals surface area contributed by atoms with E-state index in [0.717, 1.165) is 4.57 Å². The van der Waals surface area contributed by atoms with Crippen LogP contribution in [0.2, 0.25) is 0 Å². The number of aryl methyl sites for hydroxylation is 1. The highest BCUT2D eigenvalue weighted by Gasteiger charge is 2.43. The molecule has 22 heteroatoms. The third-order valence-corrected chi connectivity index (χ3v) is 8.90. The smallest absolute Gasteiger partial charge is 0.370 e. The highest BCUT2D eigenvalue weighted by atomic mass is 31.3. The summed E-state index contributed by atoms with van der Waals surface area (Å²) in [5.41, 5.74) is -1.46. The summed E-state index contributed by atoms with van der Waals surface area (Å²) in [6.07, 6.45) is -2.44. The molecule has 0 bridgehead atoms. The van der Waals surface area contributed by atoms with Gasteiger partial charge in [-0.2, -0.15) is 8.62 Å². The Morgan fingerprint density at radius 3 is 2.44 bits per heavy atom. The van der Waals surface area contributed by atoms with Crippen molar-refractivity contribution in [3.8, 4) is 0 Å². The van der Waals surface area contributed by atoms with Crippen LogP contribution in [0.15, 0.2) is 40.1 Å². The molecule has 0 saturated carbocycles. The van der Waals surface area contributed by atoms with Gasteiger partial charge in [-0.1, -0.05) is 12.1 Å². The fourth-order valence-electron chi connectivity index (χ4n) is 3.48. The van der Waals surface area contributed by atoms with Crippen molar-refractivity contribution in [2.45, 2.75) is 38.4 Å². The van der Waals surface area contributed by atoms with Gasteiger partial charge in [0.1, 0.15) is 12.3 Å². The summed E-state index contributed by atoms with van der Waals surface area (Å²) in [5, 5.41) is 11.3. The van der Waals surface area contributed by atoms with E-state index < -0.39 is 64.7 Å². The van der Waals surface area contributed by atoms with E-state index in [1.165, 1.54) is 37.4 Å². The van der Waals surface area contributed by atoms with Crippen molar-refractivity contribution in [3.63, 3.8) is 0 Å². The number of hydrogen-bond donors (Lipinski definition) is 5. The topological polar surface area (TPSA) is 276 Å². The molecule has 1 aromatic carbocycles. The average molecular weight is 617 g/mol. The third-order valence-electron chi connectivity index (χ3n) is 5.10. The van der Waals surface area contributed by atoms with Crippen molar-refractivity contribution in [3.05, 3.63) is 72.5 Å². The second-order valence-corrected chi connectivity index (χ2v) is 12.4. The summed E-state index contributed by atoms with van der Waals surface area (Å²) >= 11 is 0. The molecule has 2 heterocycles. The van der Waals surface area contributed by atoms with Crippen molar-refractivity contribution < 1.29 is 60.8 Å². The molecule has 216 valence electrons. The van der Waals surface area contributed by atoms with Crippen LogP contribution in [-0.2, 0) is 42.9 Å². The maximum Gasteiger partial charge on any atom is 0.490 e. The highest BCUT2D eigenvalue weighted by molar-refractivity contribution is 7.66. The number of phosphoric ester groups is 1. The van der Waals surface area contributed by atoms with Gasteiger partial charge in [0.2, 0.25) is 0 Å². The monoisotopic (exact) mass is 617 g/mol. The van der Waals surface area contributed by atoms with E-state index in [2.05, 4.69) is 18.1 Å². The quantitative estimate of drug-likeness (QED) is 0.126. The van der Waals surface area contributed by atoms with Gasteiger partial charge in [0.25, 0.3) is 11.2 Å². The fraction of sp³-hybridized carbons (Fsp3) is 0.412. The number of para-hydroxylation sites is 1. The van der Waals surface area contributed by atoms with Gasteiger partial charge < -0.3 is 29.0 Å². The van der Waals surface area contributed by atoms with E-state index in [9.17, 15) is 43.2 Å². The average Bonchev–Trinajstić information content (AvgIpc) is 3.19. The van der Waals surface area contributed by atoms with Crippen LogP contribution < -0.4 is 11.2 Å². The van der Waals surface area contributed by atoms with Gasteiger partial charge in [-0.05, 0) is 13.0 Å². The van der Waals surface area contributed by atoms with Crippen molar-refractivity contribution in [1.29, 1.82) is 0 Å². The van der Waals surface area contributed by atoms with Gasteiger partial charge in [0, 0.05) is 24.2 Å². The Kier molecular flexibility index (Phi) is 9.60. The Labute approximate surface area is 217 Å². The number of aromatic amines is 1. The number of nitro groups is 1. The largest absolute Gasteiger partial charge is 0.490 e. The van der Waals surface area contributed by atoms with Crippen molar-refractivity contribution in [2.75, 3.05) is 6.61 Å². The molecule has 5 atom stereocenters. The van der Waals surface area contributed by atoms with Gasteiger partial charge in [0.15, 0.2) is 0 Å². The first-order valence-electron chi connectivity index (χ1n) is 10.6. The van der Waals surface area contributed by atoms with E-state index in [4.69, 9.17) is 19.3 Å². The molecule has 0 aliphatic carbocycles. The standard InChI is InChI=1S/C17H22N3O16P3/c1-10-7-19(17(22)18-16(10)21)15-6-13(32-8-11-4-2-3-5-12(11)20(23)24)14(34-15)9-33-38(28,29)36-39(30,31)35-37(25,26)27/h2-5,7,13-15H,6,8-9H2,1H3,(H,28,29)(H,30,31)(H,18,21,22)(H2,25,26,27). The Balaban J connectivity index is 1.80. The first-order chi connectivity index (χ1) is 18.0. The molecule has 5 N–H and O–H groups in total. The lowest BCUT2D eigenvalue weighted by molar-refractivity contribution is -0.386. The molecule has 5 unspecified atom stereocenters. The minimum absolute atomic E-state index is 0.129. The molecule has 19 nitrogen and oxygen atoms in total. The normalized spacial score (nSPS) is 22.7. The molecule has 0 spiro atoms. The minimum atomic E-state index is -5.77. The number of rotatable bonds is 12. The number of ether oxygens (including phenoxy) is 2. The van der Waals surface area contributed by atoms with Crippen LogP contribution >= 0.6 is 23.5 Å². The Bertz CT molecular complexity index is 1480. The lowest BCUT2D eigenvalue weighted by Gasteiger charge is -2.21. The number of hydrogen-bond acceptors (Lipinski definition) is 12. The molecule has 1 aromatic heterocycles. The third kappa shape index (κ3) is 8.81. The summed E-state index contributed by atoms with van der Waals surface area (Å²) in [6.45, 7) is 0.168. The maximum absolute atomic E-state index is 12.3. The van der Waals surface area contributed by atoms with E-state index in [1.54, 1.807) is 0 Å². The van der Waals surface area contributed by atoms with Gasteiger partial charge in [-0.15, -0.1) is 0 Å². The number of phosphoric acid groups is 3. The SMILES string of the molecule is Cc1cn(C2CC(OCc3ccccc3[N+](=O)[O-])C(COP(=O)(O)OP(=O)(O)OP(=O)(O)O)O2)c(=O)[nH]c1=O. The molecule has 0 radical (unpaired) electrons. The van der Waals surface area contributed by atoms with Crippen molar-refractivity contribution >= 4 is 29.2 Å². The summed E-state index contributed by atoms with van der Waals surface area (Å²) in [6, 6.07) is 5.62. The molecular formula is C17H22N3O16P3. The number of aromatic nitrogens is 2. The first kappa shape index (κ1) is 31.2. The lowest BCUT2D eigenvalue weighted by atomic mass is 10.1. The minimum Gasteiger partial charge on any atom is -0.370 e. The summed E-state index contributed by atoms with van der Waals surface area (Å²) in [7, 11) is -16.9. The highest BCUT2D eigenvalue weighted by Crippen LogP contribution is 2.66. The lowest BCUT2D eigenvalue weighted by Crippen LogP contribution is -2.33. The molecule has 0 amide bonds. The van der Waals surface area contributed by atoms with Gasteiger partial charge in [0.05, 0.1) is 29.8 Å². The molecule has 1 saturated heterocycles. The maximum atomic E-state index is 12.3. The number of H-pyrrole nitrogens is 1. The van der Waals surface area contributed by atoms with Gasteiger partial charge in [-0.3, -0.25) is 29.0 Å². The fourth-order valence-corrected chi connectivity index (χ4v) is 6.51. The van der Waals surface area contributed by atoms with Crippen molar-refractivity contribution in [1.82, 2.24) is 9.55 Å². The Morgan fingerprint density at radius 2 is 1.79 bits per heavy atom. The second kappa shape index (κ2) is 12.0. The van der Waals surface area contributed by atoms with Crippen LogP contribution in [-0.4, -0.2) is 52.9 Å².